The van der Waals surface area contributed by atoms with Gasteiger partial charge in [0, 0.05) is 6.07 Å². The minimum atomic E-state index is -4.28. The van der Waals surface area contributed by atoms with Gasteiger partial charge in [-0.3, -0.25) is 4.55 Å². The normalized spacial score (nSPS) is 12.1. The molecule has 0 fully saturated rings. The number of aryl methyl sites for hydroxylation is 1. The summed E-state index contributed by atoms with van der Waals surface area (Å²) < 4.78 is 31.2. The molecule has 3 aromatic rings. The van der Waals surface area contributed by atoms with Gasteiger partial charge in [-0.1, -0.05) is 0 Å². The van der Waals surface area contributed by atoms with E-state index in [-0.39, 0.29) is 10.6 Å². The second kappa shape index (κ2) is 4.12. The molecule has 7 heteroatoms. The van der Waals surface area contributed by atoms with Crippen molar-refractivity contribution in [3.8, 4) is 5.75 Å². The molecule has 0 radical (unpaired) electrons. The van der Waals surface area contributed by atoms with E-state index in [0.29, 0.717) is 27.6 Å². The quantitative estimate of drug-likeness (QED) is 0.525. The van der Waals surface area contributed by atoms with E-state index in [2.05, 4.69) is 9.97 Å². The number of fused-ring (bicyclic) bond motifs is 2. The predicted molar refractivity (Wildman–Crippen MR) is 73.3 cm³/mol. The van der Waals surface area contributed by atoms with E-state index in [4.69, 9.17) is 4.55 Å². The topological polar surface area (TPSA) is 100 Å². The van der Waals surface area contributed by atoms with Crippen LogP contribution in [0.3, 0.4) is 0 Å². The van der Waals surface area contributed by atoms with Crippen LogP contribution in [0.4, 0.5) is 0 Å². The van der Waals surface area contributed by atoms with E-state index in [9.17, 15) is 13.5 Å². The Hall–Kier alpha value is -2.25. The van der Waals surface area contributed by atoms with Crippen LogP contribution in [0.2, 0.25) is 0 Å². The zero-order chi connectivity index (χ0) is 14.5. The molecule has 0 bridgehead atoms. The van der Waals surface area contributed by atoms with Crippen LogP contribution in [-0.4, -0.2) is 28.0 Å². The third-order valence-corrected chi connectivity index (χ3v) is 3.87. The van der Waals surface area contributed by atoms with E-state index < -0.39 is 10.1 Å². The smallest absolute Gasteiger partial charge is 0.294 e. The lowest BCUT2D eigenvalue weighted by Crippen LogP contribution is -1.98. The molecule has 3 rings (SSSR count). The number of aromatic nitrogens is 2. The minimum absolute atomic E-state index is 0.0945. The SMILES string of the molecule is Cc1cc2nc3ccc(S(=O)(=O)O)cc3nc2cc1O. The van der Waals surface area contributed by atoms with Crippen molar-refractivity contribution in [1.29, 1.82) is 0 Å². The van der Waals surface area contributed by atoms with Crippen molar-refractivity contribution in [2.24, 2.45) is 0 Å². The van der Waals surface area contributed by atoms with Crippen molar-refractivity contribution in [1.82, 2.24) is 9.97 Å². The van der Waals surface area contributed by atoms with Gasteiger partial charge in [0.1, 0.15) is 5.75 Å². The fraction of sp³-hybridized carbons (Fsp3) is 0.0769. The molecule has 2 aromatic carbocycles. The Bertz CT molecular complexity index is 951. The van der Waals surface area contributed by atoms with Crippen LogP contribution in [0.15, 0.2) is 35.2 Å². The molecule has 0 aliphatic rings. The summed E-state index contributed by atoms with van der Waals surface area (Å²) in [7, 11) is -4.28. The van der Waals surface area contributed by atoms with Gasteiger partial charge in [-0.05, 0) is 36.8 Å². The molecule has 2 N–H and O–H groups in total. The maximum Gasteiger partial charge on any atom is 0.294 e. The Kier molecular flexibility index (Phi) is 2.63. The molecule has 0 unspecified atom stereocenters. The summed E-state index contributed by atoms with van der Waals surface area (Å²) in [6, 6.07) is 7.16. The van der Waals surface area contributed by atoms with Gasteiger partial charge in [0.15, 0.2) is 0 Å². The first-order valence-corrected chi connectivity index (χ1v) is 7.17. The average Bonchev–Trinajstić information content (AvgIpc) is 2.36. The Labute approximate surface area is 114 Å². The predicted octanol–water partition coefficient (Wildman–Crippen LogP) is 2.04. The van der Waals surface area contributed by atoms with E-state index in [1.54, 1.807) is 13.0 Å². The maximum absolute atomic E-state index is 11.1. The van der Waals surface area contributed by atoms with Crippen LogP contribution in [0.25, 0.3) is 22.1 Å². The van der Waals surface area contributed by atoms with Crippen LogP contribution in [-0.2, 0) is 10.1 Å². The van der Waals surface area contributed by atoms with Crippen LogP contribution >= 0.6 is 0 Å². The zero-order valence-corrected chi connectivity index (χ0v) is 11.2. The van der Waals surface area contributed by atoms with Gasteiger partial charge < -0.3 is 5.11 Å². The molecule has 6 nitrogen and oxygen atoms in total. The van der Waals surface area contributed by atoms with Crippen molar-refractivity contribution >= 4 is 32.2 Å². The second-order valence-corrected chi connectivity index (χ2v) is 5.90. The summed E-state index contributed by atoms with van der Waals surface area (Å²) in [5.41, 5.74) is 2.58. The summed E-state index contributed by atoms with van der Waals surface area (Å²) in [6.07, 6.45) is 0. The Morgan fingerprint density at radius 2 is 1.55 bits per heavy atom. The van der Waals surface area contributed by atoms with Gasteiger partial charge in [0.05, 0.1) is 27.0 Å². The van der Waals surface area contributed by atoms with Crippen LogP contribution in [0.5, 0.6) is 5.75 Å². The Balaban J connectivity index is 2.36. The minimum Gasteiger partial charge on any atom is -0.508 e. The van der Waals surface area contributed by atoms with Gasteiger partial charge in [-0.2, -0.15) is 8.42 Å². The number of nitrogens with zero attached hydrogens (tertiary/aromatic N) is 2. The summed E-state index contributed by atoms with van der Waals surface area (Å²) in [5.74, 6) is 0.0945. The number of benzene rings is 2. The van der Waals surface area contributed by atoms with Crippen LogP contribution in [0.1, 0.15) is 5.56 Å². The molecule has 1 aromatic heterocycles. The van der Waals surface area contributed by atoms with Crippen molar-refractivity contribution in [2.75, 3.05) is 0 Å². The molecule has 0 saturated carbocycles. The van der Waals surface area contributed by atoms with Crippen molar-refractivity contribution in [2.45, 2.75) is 11.8 Å². The average molecular weight is 290 g/mol. The third-order valence-electron chi connectivity index (χ3n) is 3.02. The first-order chi connectivity index (χ1) is 9.34. The standard InChI is InChI=1S/C13H10N2O4S/c1-7-4-10-12(6-13(7)16)15-11-5-8(20(17,18)19)2-3-9(11)14-10/h2-6,16H,1H3,(H,17,18,19). The fourth-order valence-corrected chi connectivity index (χ4v) is 2.46. The highest BCUT2D eigenvalue weighted by atomic mass is 32.2. The molecular weight excluding hydrogens is 280 g/mol. The molecule has 0 atom stereocenters. The highest BCUT2D eigenvalue weighted by molar-refractivity contribution is 7.85. The lowest BCUT2D eigenvalue weighted by molar-refractivity contribution is 0.472. The summed E-state index contributed by atoms with van der Waals surface area (Å²) in [5, 5.41) is 9.67. The van der Waals surface area contributed by atoms with Gasteiger partial charge in [0.25, 0.3) is 10.1 Å². The van der Waals surface area contributed by atoms with E-state index in [1.807, 2.05) is 0 Å². The second-order valence-electron chi connectivity index (χ2n) is 4.48. The number of rotatable bonds is 1. The number of hydrogen-bond donors (Lipinski definition) is 2. The first-order valence-electron chi connectivity index (χ1n) is 5.73. The Morgan fingerprint density at radius 3 is 2.25 bits per heavy atom. The Morgan fingerprint density at radius 1 is 0.950 bits per heavy atom. The van der Waals surface area contributed by atoms with Gasteiger partial charge in [-0.25, -0.2) is 9.97 Å². The highest BCUT2D eigenvalue weighted by Crippen LogP contribution is 2.24. The number of hydrogen-bond acceptors (Lipinski definition) is 5. The summed E-state index contributed by atoms with van der Waals surface area (Å²) in [4.78, 5) is 8.37. The molecule has 0 aliphatic heterocycles. The first kappa shape index (κ1) is 12.8. The molecule has 0 aliphatic carbocycles. The van der Waals surface area contributed by atoms with E-state index >= 15 is 0 Å². The molecule has 0 spiro atoms. The van der Waals surface area contributed by atoms with E-state index in [1.165, 1.54) is 24.3 Å². The van der Waals surface area contributed by atoms with Crippen molar-refractivity contribution in [3.05, 3.63) is 35.9 Å². The lowest BCUT2D eigenvalue weighted by atomic mass is 10.2. The molecule has 102 valence electrons. The largest absolute Gasteiger partial charge is 0.508 e. The molecule has 0 saturated heterocycles. The van der Waals surface area contributed by atoms with Crippen LogP contribution < -0.4 is 0 Å². The van der Waals surface area contributed by atoms with E-state index in [0.717, 1.165) is 0 Å². The van der Waals surface area contributed by atoms with Gasteiger partial charge in [-0.15, -0.1) is 0 Å². The highest BCUT2D eigenvalue weighted by Gasteiger charge is 2.12. The lowest BCUT2D eigenvalue weighted by Gasteiger charge is -2.05. The monoisotopic (exact) mass is 290 g/mol. The number of phenolic OH excluding ortho intramolecular Hbond substituents is 1. The molecular formula is C13H10N2O4S. The molecule has 1 heterocycles. The third kappa shape index (κ3) is 2.06. The van der Waals surface area contributed by atoms with Gasteiger partial charge in [0.2, 0.25) is 0 Å². The summed E-state index contributed by atoms with van der Waals surface area (Å²) in [6.45, 7) is 1.75. The van der Waals surface area contributed by atoms with Crippen LogP contribution in [0, 0.1) is 6.92 Å². The number of phenols is 1. The molecule has 0 amide bonds. The zero-order valence-electron chi connectivity index (χ0n) is 10.4. The van der Waals surface area contributed by atoms with Crippen molar-refractivity contribution in [3.63, 3.8) is 0 Å². The maximum atomic E-state index is 11.1. The summed E-state index contributed by atoms with van der Waals surface area (Å²) >= 11 is 0. The fourth-order valence-electron chi connectivity index (χ4n) is 1.96. The number of aromatic hydroxyl groups is 1. The van der Waals surface area contributed by atoms with Crippen molar-refractivity contribution < 1.29 is 18.1 Å². The van der Waals surface area contributed by atoms with Gasteiger partial charge >= 0.3 is 0 Å². The molecule has 20 heavy (non-hydrogen) atoms.